The van der Waals surface area contributed by atoms with E-state index in [-0.39, 0.29) is 35.8 Å². The van der Waals surface area contributed by atoms with Crippen molar-refractivity contribution in [3.63, 3.8) is 0 Å². The van der Waals surface area contributed by atoms with Crippen molar-refractivity contribution in [2.75, 3.05) is 32.8 Å². The van der Waals surface area contributed by atoms with Gasteiger partial charge < -0.3 is 9.26 Å². The molecule has 0 N–H and O–H groups in total. The summed E-state index contributed by atoms with van der Waals surface area (Å²) >= 11 is 6.21. The molecule has 1 saturated heterocycles. The highest BCUT2D eigenvalue weighted by Crippen LogP contribution is 2.26. The molecule has 1 aliphatic rings. The monoisotopic (exact) mass is 460 g/mol. The molecule has 1 atom stereocenters. The minimum Gasteiger partial charge on any atom is -0.379 e. The van der Waals surface area contributed by atoms with Crippen molar-refractivity contribution < 1.29 is 23.8 Å². The van der Waals surface area contributed by atoms with Gasteiger partial charge in [-0.2, -0.15) is 9.63 Å². The molecule has 1 aliphatic heterocycles. The second kappa shape index (κ2) is 11.5. The first kappa shape index (κ1) is 24.4. The van der Waals surface area contributed by atoms with Crippen LogP contribution in [0.3, 0.4) is 0 Å². The lowest BCUT2D eigenvalue weighted by atomic mass is 10.1. The van der Waals surface area contributed by atoms with Gasteiger partial charge in [0, 0.05) is 25.2 Å². The smallest absolute Gasteiger partial charge is 0.348 e. The van der Waals surface area contributed by atoms with E-state index in [1.807, 2.05) is 18.2 Å². The summed E-state index contributed by atoms with van der Waals surface area (Å²) in [6.45, 7) is 6.46. The van der Waals surface area contributed by atoms with E-state index in [2.05, 4.69) is 4.90 Å². The van der Waals surface area contributed by atoms with Crippen LogP contribution in [0.15, 0.2) is 39.6 Å². The molecule has 30 heavy (non-hydrogen) atoms. The van der Waals surface area contributed by atoms with Crippen LogP contribution in [-0.4, -0.2) is 54.6 Å². The van der Waals surface area contributed by atoms with Gasteiger partial charge in [0.15, 0.2) is 10.8 Å². The molecule has 0 amide bonds. The maximum atomic E-state index is 12.6. The van der Waals surface area contributed by atoms with E-state index in [4.69, 9.17) is 30.6 Å². The van der Waals surface area contributed by atoms with Gasteiger partial charge in [-0.05, 0) is 13.8 Å². The summed E-state index contributed by atoms with van der Waals surface area (Å²) in [7, 11) is 0. The molecule has 0 spiro atoms. The average molecular weight is 461 g/mol. The zero-order valence-corrected chi connectivity index (χ0v) is 18.5. The lowest BCUT2D eigenvalue weighted by molar-refractivity contribution is -0.295. The second-order valence-electron chi connectivity index (χ2n) is 7.12. The van der Waals surface area contributed by atoms with E-state index in [0.717, 1.165) is 4.74 Å². The molecule has 0 saturated carbocycles. The SMILES string of the molecule is CC(C)OOC(=O)C(CN1CCOCC1)Cn1oc(-c2ccccc2)c(Cl)c1=O.Cl. The van der Waals surface area contributed by atoms with Crippen LogP contribution in [0.25, 0.3) is 11.3 Å². The fraction of sp³-hybridized carbons (Fsp3) is 0.500. The number of carbonyl (C=O) groups is 1. The van der Waals surface area contributed by atoms with Gasteiger partial charge in [0.25, 0.3) is 0 Å². The Morgan fingerprint density at radius 1 is 1.17 bits per heavy atom. The summed E-state index contributed by atoms with van der Waals surface area (Å²) < 4.78 is 12.2. The van der Waals surface area contributed by atoms with E-state index in [1.54, 1.807) is 26.0 Å². The van der Waals surface area contributed by atoms with Crippen LogP contribution in [-0.2, 0) is 25.9 Å². The van der Waals surface area contributed by atoms with Crippen LogP contribution in [0, 0.1) is 5.92 Å². The molecule has 1 aromatic carbocycles. The number of hydrogen-bond acceptors (Lipinski definition) is 7. The molecule has 0 aliphatic carbocycles. The van der Waals surface area contributed by atoms with Crippen molar-refractivity contribution in [3.8, 4) is 11.3 Å². The van der Waals surface area contributed by atoms with Crippen molar-refractivity contribution in [1.82, 2.24) is 9.64 Å². The number of hydrogen-bond donors (Lipinski definition) is 0. The number of carbonyl (C=O) groups excluding carboxylic acids is 1. The van der Waals surface area contributed by atoms with E-state index >= 15 is 0 Å². The quantitative estimate of drug-likeness (QED) is 0.442. The van der Waals surface area contributed by atoms with Crippen LogP contribution >= 0.6 is 24.0 Å². The first-order valence-corrected chi connectivity index (χ1v) is 9.95. The third kappa shape index (κ3) is 6.33. The van der Waals surface area contributed by atoms with Crippen molar-refractivity contribution in [2.24, 2.45) is 5.92 Å². The Balaban J connectivity index is 0.00000320. The van der Waals surface area contributed by atoms with E-state index in [0.29, 0.717) is 38.4 Å². The zero-order chi connectivity index (χ0) is 20.8. The Hall–Kier alpha value is -1.84. The van der Waals surface area contributed by atoms with Gasteiger partial charge in [-0.25, -0.2) is 4.79 Å². The molecular weight excluding hydrogens is 435 g/mol. The number of halogens is 2. The van der Waals surface area contributed by atoms with Gasteiger partial charge in [0.05, 0.1) is 31.8 Å². The highest BCUT2D eigenvalue weighted by molar-refractivity contribution is 6.32. The number of ether oxygens (including phenoxy) is 1. The van der Waals surface area contributed by atoms with Gasteiger partial charge in [0.2, 0.25) is 0 Å². The summed E-state index contributed by atoms with van der Waals surface area (Å²) in [5.74, 6) is -0.963. The van der Waals surface area contributed by atoms with Gasteiger partial charge in [-0.15, -0.1) is 12.4 Å². The van der Waals surface area contributed by atoms with Crippen LogP contribution in [0.2, 0.25) is 5.02 Å². The number of morpholine rings is 1. The number of rotatable bonds is 8. The molecule has 1 fully saturated rings. The largest absolute Gasteiger partial charge is 0.379 e. The van der Waals surface area contributed by atoms with E-state index in [1.165, 1.54) is 0 Å². The molecule has 0 bridgehead atoms. The van der Waals surface area contributed by atoms with Crippen molar-refractivity contribution in [3.05, 3.63) is 45.7 Å². The third-order valence-electron chi connectivity index (χ3n) is 4.48. The number of nitrogens with zero attached hydrogens (tertiary/aromatic N) is 2. The zero-order valence-electron chi connectivity index (χ0n) is 16.9. The minimum atomic E-state index is -0.671. The van der Waals surface area contributed by atoms with Crippen molar-refractivity contribution in [1.29, 1.82) is 0 Å². The van der Waals surface area contributed by atoms with Crippen LogP contribution in [0.4, 0.5) is 0 Å². The highest BCUT2D eigenvalue weighted by atomic mass is 35.5. The summed E-state index contributed by atoms with van der Waals surface area (Å²) in [4.78, 5) is 37.2. The van der Waals surface area contributed by atoms with Gasteiger partial charge >= 0.3 is 11.5 Å². The predicted molar refractivity (Wildman–Crippen MR) is 114 cm³/mol. The first-order chi connectivity index (χ1) is 14.0. The molecule has 1 unspecified atom stereocenters. The molecule has 2 aromatic rings. The Morgan fingerprint density at radius 3 is 2.47 bits per heavy atom. The number of aromatic nitrogens is 1. The molecule has 2 heterocycles. The van der Waals surface area contributed by atoms with Gasteiger partial charge in [-0.1, -0.05) is 41.9 Å². The first-order valence-electron chi connectivity index (χ1n) is 9.58. The van der Waals surface area contributed by atoms with Crippen molar-refractivity contribution >= 4 is 30.0 Å². The Bertz CT molecular complexity index is 862. The maximum Gasteiger partial charge on any atom is 0.348 e. The highest BCUT2D eigenvalue weighted by Gasteiger charge is 2.29. The van der Waals surface area contributed by atoms with Gasteiger partial charge in [-0.3, -0.25) is 14.6 Å². The lowest BCUT2D eigenvalue weighted by Crippen LogP contribution is -2.43. The van der Waals surface area contributed by atoms with E-state index < -0.39 is 17.4 Å². The average Bonchev–Trinajstić information content (AvgIpc) is 3.01. The normalized spacial score (nSPS) is 15.6. The number of benzene rings is 1. The molecule has 3 rings (SSSR count). The van der Waals surface area contributed by atoms with Gasteiger partial charge in [0.1, 0.15) is 0 Å². The topological polar surface area (TPSA) is 83.1 Å². The maximum absolute atomic E-state index is 12.6. The third-order valence-corrected chi connectivity index (χ3v) is 4.81. The van der Waals surface area contributed by atoms with E-state index in [9.17, 15) is 9.59 Å². The molecule has 1 aromatic heterocycles. The van der Waals surface area contributed by atoms with Crippen LogP contribution < -0.4 is 5.56 Å². The summed E-state index contributed by atoms with van der Waals surface area (Å²) in [5.41, 5.74) is 0.193. The fourth-order valence-corrected chi connectivity index (χ4v) is 3.24. The molecule has 0 radical (unpaired) electrons. The van der Waals surface area contributed by atoms with Crippen LogP contribution in [0.5, 0.6) is 0 Å². The molecule has 166 valence electrons. The fourth-order valence-electron chi connectivity index (χ4n) is 3.00. The lowest BCUT2D eigenvalue weighted by Gasteiger charge is -2.29. The molecule has 8 nitrogen and oxygen atoms in total. The summed E-state index contributed by atoms with van der Waals surface area (Å²) in [5, 5.41) is -0.0203. The molecule has 10 heteroatoms. The summed E-state index contributed by atoms with van der Waals surface area (Å²) in [6, 6.07) is 9.10. The van der Waals surface area contributed by atoms with Crippen LogP contribution in [0.1, 0.15) is 13.8 Å². The predicted octanol–water partition coefficient (Wildman–Crippen LogP) is 3.02. The summed E-state index contributed by atoms with van der Waals surface area (Å²) in [6.07, 6.45) is -0.270. The Labute approximate surface area is 185 Å². The molecular formula is C20H26Cl2N2O6. The minimum absolute atomic E-state index is 0. The standard InChI is InChI=1S/C20H25ClN2O6.ClH/c1-14(2)28-29-20(25)16(12-22-8-10-26-11-9-22)13-23-19(24)17(21)18(27-23)15-6-4-3-5-7-15;/h3-7,14,16H,8-13H2,1-2H3;1H. The Morgan fingerprint density at radius 2 is 1.83 bits per heavy atom. The van der Waals surface area contributed by atoms with Crippen molar-refractivity contribution in [2.45, 2.75) is 26.5 Å². The Kier molecular flexibility index (Phi) is 9.38. The second-order valence-corrected chi connectivity index (χ2v) is 7.50.